The van der Waals surface area contributed by atoms with Crippen LogP contribution in [0.5, 0.6) is 0 Å². The summed E-state index contributed by atoms with van der Waals surface area (Å²) in [5, 5.41) is 10.1. The maximum atomic E-state index is 11.9. The minimum atomic E-state index is -0.237. The molecule has 0 aliphatic carbocycles. The van der Waals surface area contributed by atoms with Crippen molar-refractivity contribution < 1.29 is 4.79 Å². The molecule has 2 aromatic rings. The molecule has 0 radical (unpaired) electrons. The highest BCUT2D eigenvalue weighted by Crippen LogP contribution is 2.12. The van der Waals surface area contributed by atoms with E-state index in [0.29, 0.717) is 5.56 Å². The molecule has 1 heterocycles. The molecule has 2 rings (SSSR count). The summed E-state index contributed by atoms with van der Waals surface area (Å²) in [5.41, 5.74) is 0.564. The molecule has 0 saturated carbocycles. The van der Waals surface area contributed by atoms with E-state index >= 15 is 0 Å². The van der Waals surface area contributed by atoms with Gasteiger partial charge in [-0.25, -0.2) is 4.68 Å². The van der Waals surface area contributed by atoms with Crippen LogP contribution < -0.4 is 10.6 Å². The van der Waals surface area contributed by atoms with Gasteiger partial charge in [-0.3, -0.25) is 10.1 Å². The van der Waals surface area contributed by atoms with Gasteiger partial charge in [0.2, 0.25) is 0 Å². The minimum Gasteiger partial charge on any atom is -0.317 e. The molecular formula is C14H16N4OS. The zero-order valence-corrected chi connectivity index (χ0v) is 12.1. The summed E-state index contributed by atoms with van der Waals surface area (Å²) in [7, 11) is 0. The number of aromatic nitrogens is 2. The van der Waals surface area contributed by atoms with Crippen molar-refractivity contribution in [3.05, 3.63) is 48.2 Å². The Bertz CT molecular complexity index is 607. The predicted octanol–water partition coefficient (Wildman–Crippen LogP) is 2.59. The molecule has 5 nitrogen and oxygen atoms in total. The van der Waals surface area contributed by atoms with Crippen molar-refractivity contribution in [1.29, 1.82) is 0 Å². The van der Waals surface area contributed by atoms with E-state index in [4.69, 9.17) is 12.2 Å². The highest BCUT2D eigenvalue weighted by atomic mass is 32.1. The van der Waals surface area contributed by atoms with Crippen LogP contribution in [0, 0.1) is 0 Å². The average Bonchev–Trinajstić information content (AvgIpc) is 2.87. The van der Waals surface area contributed by atoms with Crippen LogP contribution in [0.3, 0.4) is 0 Å². The molecular weight excluding hydrogens is 272 g/mol. The van der Waals surface area contributed by atoms with Gasteiger partial charge in [-0.15, -0.1) is 0 Å². The van der Waals surface area contributed by atoms with Gasteiger partial charge in [-0.2, -0.15) is 5.10 Å². The van der Waals surface area contributed by atoms with E-state index in [1.807, 2.05) is 19.9 Å². The molecule has 6 heteroatoms. The number of nitrogens with zero attached hydrogens (tertiary/aromatic N) is 2. The maximum absolute atomic E-state index is 11.9. The molecule has 2 N–H and O–H groups in total. The van der Waals surface area contributed by atoms with Crippen molar-refractivity contribution in [1.82, 2.24) is 15.1 Å². The van der Waals surface area contributed by atoms with Crippen molar-refractivity contribution in [3.63, 3.8) is 0 Å². The molecule has 0 aliphatic heterocycles. The average molecular weight is 288 g/mol. The number of rotatable bonds is 3. The van der Waals surface area contributed by atoms with Crippen LogP contribution in [0.25, 0.3) is 0 Å². The Labute approximate surface area is 123 Å². The fourth-order valence-corrected chi connectivity index (χ4v) is 1.93. The van der Waals surface area contributed by atoms with E-state index in [-0.39, 0.29) is 17.1 Å². The molecule has 1 aromatic carbocycles. The third kappa shape index (κ3) is 3.42. The van der Waals surface area contributed by atoms with Crippen LogP contribution in [0.4, 0.5) is 5.82 Å². The Hall–Kier alpha value is -2.21. The number of thiocarbonyl (C=S) groups is 1. The first kappa shape index (κ1) is 14.2. The first-order chi connectivity index (χ1) is 9.58. The fraction of sp³-hybridized carbons (Fsp3) is 0.214. The van der Waals surface area contributed by atoms with E-state index in [9.17, 15) is 4.79 Å². The van der Waals surface area contributed by atoms with Gasteiger partial charge < -0.3 is 5.32 Å². The summed E-state index contributed by atoms with van der Waals surface area (Å²) in [6.45, 7) is 4.04. The molecule has 0 spiro atoms. The van der Waals surface area contributed by atoms with E-state index in [1.165, 1.54) is 0 Å². The highest BCUT2D eigenvalue weighted by Gasteiger charge is 2.10. The molecule has 0 unspecified atom stereocenters. The smallest absolute Gasteiger partial charge is 0.257 e. The Balaban J connectivity index is 1.99. The first-order valence-electron chi connectivity index (χ1n) is 6.29. The Kier molecular flexibility index (Phi) is 4.47. The van der Waals surface area contributed by atoms with Crippen LogP contribution in [0.2, 0.25) is 0 Å². The van der Waals surface area contributed by atoms with Gasteiger partial charge in [0.25, 0.3) is 5.91 Å². The van der Waals surface area contributed by atoms with Crippen molar-refractivity contribution in [2.24, 2.45) is 0 Å². The van der Waals surface area contributed by atoms with Gasteiger partial charge in [0, 0.05) is 17.7 Å². The lowest BCUT2D eigenvalue weighted by molar-refractivity contribution is 0.0977. The van der Waals surface area contributed by atoms with Crippen LogP contribution in [0.1, 0.15) is 30.2 Å². The summed E-state index contributed by atoms with van der Waals surface area (Å²) in [4.78, 5) is 11.9. The van der Waals surface area contributed by atoms with E-state index in [2.05, 4.69) is 15.7 Å². The van der Waals surface area contributed by atoms with Gasteiger partial charge >= 0.3 is 0 Å². The van der Waals surface area contributed by atoms with E-state index in [1.54, 1.807) is 41.2 Å². The van der Waals surface area contributed by atoms with Crippen molar-refractivity contribution in [2.75, 3.05) is 5.32 Å². The normalized spacial score (nSPS) is 10.3. The molecule has 0 fully saturated rings. The number of nitrogens with one attached hydrogen (secondary N) is 2. The lowest BCUT2D eigenvalue weighted by Gasteiger charge is -2.13. The largest absolute Gasteiger partial charge is 0.317 e. The van der Waals surface area contributed by atoms with Gasteiger partial charge in [0.1, 0.15) is 5.82 Å². The fourth-order valence-electron chi connectivity index (χ4n) is 1.74. The second-order valence-corrected chi connectivity index (χ2v) is 4.94. The predicted molar refractivity (Wildman–Crippen MR) is 82.7 cm³/mol. The van der Waals surface area contributed by atoms with Crippen LogP contribution in [-0.2, 0) is 0 Å². The monoisotopic (exact) mass is 288 g/mol. The summed E-state index contributed by atoms with van der Waals surface area (Å²) in [6.07, 6.45) is 1.68. The van der Waals surface area contributed by atoms with Crippen LogP contribution >= 0.6 is 12.2 Å². The molecule has 0 atom stereocenters. The number of carbonyl (C=O) groups excluding carboxylic acids is 1. The highest BCUT2D eigenvalue weighted by molar-refractivity contribution is 7.80. The zero-order valence-electron chi connectivity index (χ0n) is 11.3. The number of carbonyl (C=O) groups is 1. The molecule has 1 aromatic heterocycles. The summed E-state index contributed by atoms with van der Waals surface area (Å²) in [5.74, 6) is 0.511. The van der Waals surface area contributed by atoms with E-state index < -0.39 is 0 Å². The molecule has 104 valence electrons. The number of hydrogen-bond acceptors (Lipinski definition) is 3. The van der Waals surface area contributed by atoms with Gasteiger partial charge in [-0.05, 0) is 38.2 Å². The Morgan fingerprint density at radius 3 is 2.60 bits per heavy atom. The first-order valence-corrected chi connectivity index (χ1v) is 6.69. The van der Waals surface area contributed by atoms with Crippen molar-refractivity contribution in [3.8, 4) is 0 Å². The van der Waals surface area contributed by atoms with Gasteiger partial charge in [-0.1, -0.05) is 18.2 Å². The lowest BCUT2D eigenvalue weighted by atomic mass is 10.2. The Morgan fingerprint density at radius 2 is 1.95 bits per heavy atom. The SMILES string of the molecule is CC(C)n1nccc1NC(=S)NC(=O)c1ccccc1. The molecule has 0 aliphatic rings. The standard InChI is InChI=1S/C14H16N4OS/c1-10(2)18-12(8-9-15-18)16-14(20)17-13(19)11-6-4-3-5-7-11/h3-10H,1-2H3,(H2,16,17,19,20). The topological polar surface area (TPSA) is 59.0 Å². The summed E-state index contributed by atoms with van der Waals surface area (Å²) >= 11 is 5.14. The van der Waals surface area contributed by atoms with Crippen LogP contribution in [-0.4, -0.2) is 20.8 Å². The quantitative estimate of drug-likeness (QED) is 0.852. The zero-order chi connectivity index (χ0) is 14.5. The molecule has 0 saturated heterocycles. The van der Waals surface area contributed by atoms with E-state index in [0.717, 1.165) is 5.82 Å². The number of benzene rings is 1. The van der Waals surface area contributed by atoms with Crippen molar-refractivity contribution in [2.45, 2.75) is 19.9 Å². The molecule has 1 amide bonds. The molecule has 20 heavy (non-hydrogen) atoms. The maximum Gasteiger partial charge on any atom is 0.257 e. The lowest BCUT2D eigenvalue weighted by Crippen LogP contribution is -2.34. The summed E-state index contributed by atoms with van der Waals surface area (Å²) < 4.78 is 1.79. The third-order valence-electron chi connectivity index (χ3n) is 2.66. The van der Waals surface area contributed by atoms with Gasteiger partial charge in [0.05, 0.1) is 6.20 Å². The number of amides is 1. The number of anilines is 1. The second kappa shape index (κ2) is 6.29. The van der Waals surface area contributed by atoms with Gasteiger partial charge in [0.15, 0.2) is 5.11 Å². The third-order valence-corrected chi connectivity index (χ3v) is 2.87. The summed E-state index contributed by atoms with van der Waals surface area (Å²) in [6, 6.07) is 10.9. The number of hydrogen-bond donors (Lipinski definition) is 2. The Morgan fingerprint density at radius 1 is 1.25 bits per heavy atom. The van der Waals surface area contributed by atoms with Crippen molar-refractivity contribution >= 4 is 29.1 Å². The second-order valence-electron chi connectivity index (χ2n) is 4.53. The minimum absolute atomic E-state index is 0.208. The molecule has 0 bridgehead atoms. The van der Waals surface area contributed by atoms with Crippen LogP contribution in [0.15, 0.2) is 42.6 Å².